The first-order valence-electron chi connectivity index (χ1n) is 5.51. The number of rotatable bonds is 2. The van der Waals surface area contributed by atoms with Crippen molar-refractivity contribution in [1.29, 1.82) is 0 Å². The summed E-state index contributed by atoms with van der Waals surface area (Å²) >= 11 is 0. The molecule has 0 spiro atoms. The number of nitrogens with one attached hydrogen (secondary N) is 1. The van der Waals surface area contributed by atoms with Crippen LogP contribution in [0.15, 0.2) is 0 Å². The number of amides is 1. The van der Waals surface area contributed by atoms with E-state index in [4.69, 9.17) is 5.73 Å². The van der Waals surface area contributed by atoms with E-state index < -0.39 is 0 Å². The van der Waals surface area contributed by atoms with Gasteiger partial charge in [-0.15, -0.1) is 12.4 Å². The molecule has 0 aromatic rings. The summed E-state index contributed by atoms with van der Waals surface area (Å²) in [5.74, 6) is 1.11. The Morgan fingerprint density at radius 1 is 1.47 bits per heavy atom. The Labute approximate surface area is 97.0 Å². The van der Waals surface area contributed by atoms with Gasteiger partial charge < -0.3 is 16.0 Å². The molecule has 1 unspecified atom stereocenters. The van der Waals surface area contributed by atoms with Crippen LogP contribution in [0.25, 0.3) is 0 Å². The summed E-state index contributed by atoms with van der Waals surface area (Å²) in [4.78, 5) is 13.9. The Bertz CT molecular complexity index is 221. The highest BCUT2D eigenvalue weighted by Crippen LogP contribution is 2.18. The Balaban J connectivity index is 0.00000112. The third-order valence-electron chi connectivity index (χ3n) is 3.29. The summed E-state index contributed by atoms with van der Waals surface area (Å²) in [7, 11) is 0. The van der Waals surface area contributed by atoms with Crippen LogP contribution in [0.4, 0.5) is 0 Å². The number of nitrogens with two attached hydrogens (primary N) is 1. The van der Waals surface area contributed by atoms with Gasteiger partial charge in [-0.3, -0.25) is 4.79 Å². The van der Waals surface area contributed by atoms with Gasteiger partial charge in [-0.25, -0.2) is 0 Å². The first-order chi connectivity index (χ1) is 6.81. The molecule has 2 fully saturated rings. The van der Waals surface area contributed by atoms with Gasteiger partial charge >= 0.3 is 0 Å². The van der Waals surface area contributed by atoms with Crippen LogP contribution in [-0.4, -0.2) is 43.5 Å². The number of likely N-dealkylation sites (tertiary alicyclic amines) is 1. The Morgan fingerprint density at radius 3 is 2.73 bits per heavy atom. The smallest absolute Gasteiger partial charge is 0.228 e. The summed E-state index contributed by atoms with van der Waals surface area (Å²) in [5, 5.41) is 3.13. The number of halogens is 1. The summed E-state index contributed by atoms with van der Waals surface area (Å²) < 4.78 is 0. The van der Waals surface area contributed by atoms with Crippen molar-refractivity contribution < 1.29 is 4.79 Å². The van der Waals surface area contributed by atoms with E-state index in [9.17, 15) is 4.79 Å². The predicted octanol–water partition coefficient (Wildman–Crippen LogP) is -0.175. The van der Waals surface area contributed by atoms with E-state index in [1.807, 2.05) is 4.90 Å². The molecule has 0 radical (unpaired) electrons. The second-order valence-electron chi connectivity index (χ2n) is 4.38. The molecule has 0 bridgehead atoms. The molecule has 2 aliphatic heterocycles. The van der Waals surface area contributed by atoms with E-state index in [2.05, 4.69) is 5.32 Å². The highest BCUT2D eigenvalue weighted by atomic mass is 35.5. The van der Waals surface area contributed by atoms with E-state index in [1.165, 1.54) is 6.42 Å². The van der Waals surface area contributed by atoms with E-state index in [1.54, 1.807) is 0 Å². The highest BCUT2D eigenvalue weighted by molar-refractivity contribution is 5.85. The van der Waals surface area contributed by atoms with Crippen molar-refractivity contribution in [3.63, 3.8) is 0 Å². The standard InChI is InChI=1S/C10H19N3O.ClH/c11-4-8-2-1-3-13(7-8)10(14)9-5-12-6-9;/h8-9,12H,1-7,11H2;1H. The fourth-order valence-corrected chi connectivity index (χ4v) is 2.18. The summed E-state index contributed by atoms with van der Waals surface area (Å²) in [6.07, 6.45) is 2.30. The van der Waals surface area contributed by atoms with E-state index in [0.29, 0.717) is 18.4 Å². The van der Waals surface area contributed by atoms with Gasteiger partial charge in [-0.2, -0.15) is 0 Å². The monoisotopic (exact) mass is 233 g/mol. The van der Waals surface area contributed by atoms with Crippen LogP contribution in [0, 0.1) is 11.8 Å². The average Bonchev–Trinajstić information content (AvgIpc) is 2.15. The highest BCUT2D eigenvalue weighted by Gasteiger charge is 2.31. The number of carbonyl (C=O) groups is 1. The zero-order valence-electron chi connectivity index (χ0n) is 8.95. The molecular weight excluding hydrogens is 214 g/mol. The van der Waals surface area contributed by atoms with Crippen molar-refractivity contribution in [3.05, 3.63) is 0 Å². The molecule has 4 nitrogen and oxygen atoms in total. The van der Waals surface area contributed by atoms with E-state index in [0.717, 1.165) is 32.6 Å². The predicted molar refractivity (Wildman–Crippen MR) is 62.0 cm³/mol. The second-order valence-corrected chi connectivity index (χ2v) is 4.38. The third kappa shape index (κ3) is 2.83. The first-order valence-corrected chi connectivity index (χ1v) is 5.51. The summed E-state index contributed by atoms with van der Waals surface area (Å²) in [6.45, 7) is 4.26. The lowest BCUT2D eigenvalue weighted by atomic mass is 9.95. The molecule has 1 atom stereocenters. The normalized spacial score (nSPS) is 26.7. The quantitative estimate of drug-likeness (QED) is 0.696. The van der Waals surface area contributed by atoms with E-state index >= 15 is 0 Å². The van der Waals surface area contributed by atoms with Gasteiger partial charge in [0.2, 0.25) is 5.91 Å². The van der Waals surface area contributed by atoms with Crippen molar-refractivity contribution in [2.45, 2.75) is 12.8 Å². The van der Waals surface area contributed by atoms with Gasteiger partial charge in [0.1, 0.15) is 0 Å². The molecule has 0 aliphatic carbocycles. The lowest BCUT2D eigenvalue weighted by Gasteiger charge is -2.37. The molecule has 0 saturated carbocycles. The largest absolute Gasteiger partial charge is 0.342 e. The molecule has 2 saturated heterocycles. The first kappa shape index (κ1) is 12.7. The molecule has 0 aromatic heterocycles. The summed E-state index contributed by atoms with van der Waals surface area (Å²) in [5.41, 5.74) is 5.64. The zero-order chi connectivity index (χ0) is 9.97. The molecule has 15 heavy (non-hydrogen) atoms. The molecule has 2 aliphatic rings. The molecule has 1 amide bonds. The van der Waals surface area contributed by atoms with Crippen molar-refractivity contribution in [3.8, 4) is 0 Å². The van der Waals surface area contributed by atoms with E-state index in [-0.39, 0.29) is 18.3 Å². The maximum Gasteiger partial charge on any atom is 0.228 e. The Kier molecular flexibility index (Phi) is 4.83. The molecule has 0 aromatic carbocycles. The fraction of sp³-hybridized carbons (Fsp3) is 0.900. The molecular formula is C10H20ClN3O. The van der Waals surface area contributed by atoms with Crippen LogP contribution in [-0.2, 0) is 4.79 Å². The minimum Gasteiger partial charge on any atom is -0.342 e. The van der Waals surface area contributed by atoms with Gasteiger partial charge in [-0.05, 0) is 25.3 Å². The number of piperidine rings is 1. The molecule has 2 rings (SSSR count). The molecule has 2 heterocycles. The topological polar surface area (TPSA) is 58.4 Å². The minimum absolute atomic E-state index is 0. The molecule has 3 N–H and O–H groups in total. The van der Waals surface area contributed by atoms with Crippen LogP contribution >= 0.6 is 12.4 Å². The third-order valence-corrected chi connectivity index (χ3v) is 3.29. The maximum atomic E-state index is 11.9. The van der Waals surface area contributed by atoms with Crippen molar-refractivity contribution in [2.24, 2.45) is 17.6 Å². The van der Waals surface area contributed by atoms with Crippen LogP contribution in [0.3, 0.4) is 0 Å². The minimum atomic E-state index is 0. The number of hydrogen-bond donors (Lipinski definition) is 2. The molecule has 88 valence electrons. The lowest BCUT2D eigenvalue weighted by molar-refractivity contribution is -0.138. The SMILES string of the molecule is Cl.NCC1CCCN(C(=O)C2CNC2)C1. The van der Waals surface area contributed by atoms with Gasteiger partial charge in [0.25, 0.3) is 0 Å². The summed E-state index contributed by atoms with van der Waals surface area (Å²) in [6, 6.07) is 0. The van der Waals surface area contributed by atoms with Crippen LogP contribution in [0.1, 0.15) is 12.8 Å². The van der Waals surface area contributed by atoms with Crippen LogP contribution in [0.5, 0.6) is 0 Å². The van der Waals surface area contributed by atoms with Gasteiger partial charge in [0.15, 0.2) is 0 Å². The van der Waals surface area contributed by atoms with Gasteiger partial charge in [0, 0.05) is 26.2 Å². The van der Waals surface area contributed by atoms with Gasteiger partial charge in [0.05, 0.1) is 5.92 Å². The van der Waals surface area contributed by atoms with Crippen LogP contribution < -0.4 is 11.1 Å². The zero-order valence-corrected chi connectivity index (χ0v) is 9.76. The molecule has 5 heteroatoms. The van der Waals surface area contributed by atoms with Crippen LogP contribution in [0.2, 0.25) is 0 Å². The van der Waals surface area contributed by atoms with Crippen molar-refractivity contribution >= 4 is 18.3 Å². The average molecular weight is 234 g/mol. The fourth-order valence-electron chi connectivity index (χ4n) is 2.18. The van der Waals surface area contributed by atoms with Crippen molar-refractivity contribution in [1.82, 2.24) is 10.2 Å². The van der Waals surface area contributed by atoms with Gasteiger partial charge in [-0.1, -0.05) is 0 Å². The maximum absolute atomic E-state index is 11.9. The number of hydrogen-bond acceptors (Lipinski definition) is 3. The second kappa shape index (κ2) is 5.68. The van der Waals surface area contributed by atoms with Crippen molar-refractivity contribution in [2.75, 3.05) is 32.7 Å². The number of nitrogens with zero attached hydrogens (tertiary/aromatic N) is 1. The lowest BCUT2D eigenvalue weighted by Crippen LogP contribution is -2.54. The Morgan fingerprint density at radius 2 is 2.20 bits per heavy atom. The Hall–Kier alpha value is -0.320. The number of carbonyl (C=O) groups excluding carboxylic acids is 1.